The fourth-order valence-electron chi connectivity index (χ4n) is 3.02. The number of fused-ring (bicyclic) bond motifs is 1. The maximum absolute atomic E-state index is 12.7. The first kappa shape index (κ1) is 18.9. The molecule has 1 aliphatic carbocycles. The van der Waals surface area contributed by atoms with Gasteiger partial charge in [0.15, 0.2) is 0 Å². The molecule has 0 spiro atoms. The van der Waals surface area contributed by atoms with E-state index in [-0.39, 0.29) is 18.0 Å². The molecule has 2 aromatic rings. The first-order valence-corrected chi connectivity index (χ1v) is 10.6. The van der Waals surface area contributed by atoms with E-state index in [1.807, 2.05) is 31.4 Å². The van der Waals surface area contributed by atoms with Crippen LogP contribution in [0.3, 0.4) is 0 Å². The molecule has 0 aliphatic heterocycles. The fourth-order valence-corrected chi connectivity index (χ4v) is 4.92. The van der Waals surface area contributed by atoms with Crippen LogP contribution in [0.1, 0.15) is 58.8 Å². The van der Waals surface area contributed by atoms with E-state index < -0.39 is 0 Å². The summed E-state index contributed by atoms with van der Waals surface area (Å²) in [4.78, 5) is 27.2. The van der Waals surface area contributed by atoms with E-state index in [1.54, 1.807) is 17.4 Å². The van der Waals surface area contributed by atoms with Crippen LogP contribution in [0.25, 0.3) is 6.08 Å². The second kappa shape index (κ2) is 8.64. The Morgan fingerprint density at radius 2 is 2.04 bits per heavy atom. The van der Waals surface area contributed by atoms with Crippen LogP contribution < -0.4 is 5.32 Å². The third-order valence-electron chi connectivity index (χ3n) is 4.15. The van der Waals surface area contributed by atoms with E-state index in [9.17, 15) is 9.59 Å². The second-order valence-electron chi connectivity index (χ2n) is 6.56. The predicted molar refractivity (Wildman–Crippen MR) is 108 cm³/mol. The first-order valence-electron chi connectivity index (χ1n) is 8.92. The molecule has 3 rings (SSSR count). The summed E-state index contributed by atoms with van der Waals surface area (Å²) in [5, 5.41) is 5.48. The van der Waals surface area contributed by atoms with Crippen molar-refractivity contribution in [3.63, 3.8) is 0 Å². The molecular formula is C20H23NO3S2. The summed E-state index contributed by atoms with van der Waals surface area (Å²) in [5.41, 5.74) is 1.62. The largest absolute Gasteiger partial charge is 0.459 e. The van der Waals surface area contributed by atoms with E-state index in [1.165, 1.54) is 28.7 Å². The Kier molecular flexibility index (Phi) is 6.27. The average molecular weight is 390 g/mol. The SMILES string of the molecule is CC(C)OC(=O)c1c(NC(=O)C=Cc2cccs2)sc2c1CCCCC2. The highest BCUT2D eigenvalue weighted by Gasteiger charge is 2.26. The molecule has 0 saturated carbocycles. The van der Waals surface area contributed by atoms with Gasteiger partial charge < -0.3 is 10.1 Å². The van der Waals surface area contributed by atoms with Gasteiger partial charge in [-0.15, -0.1) is 22.7 Å². The fraction of sp³-hybridized carbons (Fsp3) is 0.400. The molecule has 0 aromatic carbocycles. The number of amides is 1. The van der Waals surface area contributed by atoms with E-state index >= 15 is 0 Å². The molecule has 138 valence electrons. The summed E-state index contributed by atoms with van der Waals surface area (Å²) in [6.45, 7) is 3.68. The Morgan fingerprint density at radius 3 is 2.77 bits per heavy atom. The zero-order valence-electron chi connectivity index (χ0n) is 15.0. The van der Waals surface area contributed by atoms with E-state index in [4.69, 9.17) is 4.74 Å². The highest BCUT2D eigenvalue weighted by molar-refractivity contribution is 7.17. The topological polar surface area (TPSA) is 55.4 Å². The number of anilines is 1. The lowest BCUT2D eigenvalue weighted by Crippen LogP contribution is -2.16. The molecule has 0 saturated heterocycles. The summed E-state index contributed by atoms with van der Waals surface area (Å²) in [7, 11) is 0. The smallest absolute Gasteiger partial charge is 0.341 e. The predicted octanol–water partition coefficient (Wildman–Crippen LogP) is 5.30. The average Bonchev–Trinajstić information content (AvgIpc) is 3.15. The Hall–Kier alpha value is -1.92. The first-order chi connectivity index (χ1) is 12.5. The van der Waals surface area contributed by atoms with Gasteiger partial charge in [-0.05, 0) is 62.6 Å². The van der Waals surface area contributed by atoms with Crippen molar-refractivity contribution < 1.29 is 14.3 Å². The Balaban J connectivity index is 1.85. The van der Waals surface area contributed by atoms with Crippen LogP contribution in [0.4, 0.5) is 5.00 Å². The van der Waals surface area contributed by atoms with Gasteiger partial charge in [-0.25, -0.2) is 4.79 Å². The molecular weight excluding hydrogens is 366 g/mol. The molecule has 0 atom stereocenters. The lowest BCUT2D eigenvalue weighted by Gasteiger charge is -2.11. The van der Waals surface area contributed by atoms with Gasteiger partial charge in [0.25, 0.3) is 0 Å². The van der Waals surface area contributed by atoms with Gasteiger partial charge in [0.05, 0.1) is 11.7 Å². The van der Waals surface area contributed by atoms with Crippen LogP contribution in [0.15, 0.2) is 23.6 Å². The van der Waals surface area contributed by atoms with Gasteiger partial charge in [0.1, 0.15) is 5.00 Å². The van der Waals surface area contributed by atoms with Crippen molar-refractivity contribution in [1.82, 2.24) is 0 Å². The summed E-state index contributed by atoms with van der Waals surface area (Å²) in [6, 6.07) is 3.89. The van der Waals surface area contributed by atoms with Gasteiger partial charge >= 0.3 is 5.97 Å². The van der Waals surface area contributed by atoms with Crippen LogP contribution in [-0.4, -0.2) is 18.0 Å². The lowest BCUT2D eigenvalue weighted by atomic mass is 10.1. The number of esters is 1. The lowest BCUT2D eigenvalue weighted by molar-refractivity contribution is -0.111. The number of rotatable bonds is 5. The molecule has 2 aromatic heterocycles. The molecule has 0 bridgehead atoms. The van der Waals surface area contributed by atoms with Crippen molar-refractivity contribution in [3.8, 4) is 0 Å². The summed E-state index contributed by atoms with van der Waals surface area (Å²) >= 11 is 3.09. The highest BCUT2D eigenvalue weighted by Crippen LogP contribution is 2.38. The summed E-state index contributed by atoms with van der Waals surface area (Å²) in [5.74, 6) is -0.564. The number of hydrogen-bond acceptors (Lipinski definition) is 5. The quantitative estimate of drug-likeness (QED) is 0.429. The minimum atomic E-state index is -0.336. The maximum Gasteiger partial charge on any atom is 0.341 e. The number of ether oxygens (including phenoxy) is 1. The van der Waals surface area contributed by atoms with E-state index in [0.29, 0.717) is 10.6 Å². The van der Waals surface area contributed by atoms with Crippen molar-refractivity contribution in [2.75, 3.05) is 5.32 Å². The Bertz CT molecular complexity index is 803. The highest BCUT2D eigenvalue weighted by atomic mass is 32.1. The van der Waals surface area contributed by atoms with Crippen molar-refractivity contribution in [3.05, 3.63) is 44.5 Å². The number of thiophene rings is 2. The summed E-state index contributed by atoms with van der Waals surface area (Å²) in [6.07, 6.45) is 8.29. The molecule has 0 fully saturated rings. The third-order valence-corrected chi connectivity index (χ3v) is 6.19. The second-order valence-corrected chi connectivity index (χ2v) is 8.65. The molecule has 2 heterocycles. The third kappa shape index (κ3) is 4.62. The number of carbonyl (C=O) groups is 2. The number of carbonyl (C=O) groups excluding carboxylic acids is 2. The van der Waals surface area contributed by atoms with Gasteiger partial charge in [0, 0.05) is 15.8 Å². The van der Waals surface area contributed by atoms with Gasteiger partial charge in [0.2, 0.25) is 5.91 Å². The molecule has 1 amide bonds. The Morgan fingerprint density at radius 1 is 1.23 bits per heavy atom. The minimum Gasteiger partial charge on any atom is -0.459 e. The van der Waals surface area contributed by atoms with Gasteiger partial charge in [-0.1, -0.05) is 12.5 Å². The number of nitrogens with one attached hydrogen (secondary N) is 1. The zero-order valence-corrected chi connectivity index (χ0v) is 16.7. The molecule has 26 heavy (non-hydrogen) atoms. The van der Waals surface area contributed by atoms with Crippen LogP contribution >= 0.6 is 22.7 Å². The van der Waals surface area contributed by atoms with Crippen LogP contribution in [0.2, 0.25) is 0 Å². The molecule has 6 heteroatoms. The maximum atomic E-state index is 12.7. The van der Waals surface area contributed by atoms with Crippen molar-refractivity contribution >= 4 is 45.6 Å². The number of hydrogen-bond donors (Lipinski definition) is 1. The molecule has 1 aliphatic rings. The van der Waals surface area contributed by atoms with Crippen molar-refractivity contribution in [2.24, 2.45) is 0 Å². The molecule has 0 unspecified atom stereocenters. The van der Waals surface area contributed by atoms with Crippen LogP contribution in [0.5, 0.6) is 0 Å². The molecule has 1 N–H and O–H groups in total. The van der Waals surface area contributed by atoms with Crippen LogP contribution in [-0.2, 0) is 22.4 Å². The minimum absolute atomic E-state index is 0.189. The van der Waals surface area contributed by atoms with Gasteiger partial charge in [-0.2, -0.15) is 0 Å². The standard InChI is InChI=1S/C20H23NO3S2/c1-13(2)24-20(23)18-15-8-4-3-5-9-16(15)26-19(18)21-17(22)11-10-14-7-6-12-25-14/h6-7,10-13H,3-5,8-9H2,1-2H3,(H,21,22). The zero-order chi connectivity index (χ0) is 18.5. The van der Waals surface area contributed by atoms with Crippen LogP contribution in [0, 0.1) is 0 Å². The Labute approximate surface area is 161 Å². The monoisotopic (exact) mass is 389 g/mol. The molecule has 0 radical (unpaired) electrons. The van der Waals surface area contributed by atoms with Gasteiger partial charge in [-0.3, -0.25) is 4.79 Å². The summed E-state index contributed by atoms with van der Waals surface area (Å²) < 4.78 is 5.44. The van der Waals surface area contributed by atoms with E-state index in [0.717, 1.165) is 36.1 Å². The van der Waals surface area contributed by atoms with Crippen molar-refractivity contribution in [1.29, 1.82) is 0 Å². The normalized spacial score (nSPS) is 14.3. The van der Waals surface area contributed by atoms with Crippen molar-refractivity contribution in [2.45, 2.75) is 52.1 Å². The van der Waals surface area contributed by atoms with E-state index in [2.05, 4.69) is 5.32 Å². The number of aryl methyl sites for hydroxylation is 1. The molecule has 4 nitrogen and oxygen atoms in total.